The maximum Gasteiger partial charge on any atom is 0.416 e. The second-order valence-corrected chi connectivity index (χ2v) is 7.27. The summed E-state index contributed by atoms with van der Waals surface area (Å²) in [5.74, 6) is -0.259. The Balaban J connectivity index is 1.45. The monoisotopic (exact) mass is 435 g/mol. The zero-order valence-electron chi connectivity index (χ0n) is 15.2. The van der Waals surface area contributed by atoms with E-state index >= 15 is 0 Å². The fourth-order valence-electron chi connectivity index (χ4n) is 2.71. The third-order valence-electron chi connectivity index (χ3n) is 4.14. The molecule has 0 saturated heterocycles. The van der Waals surface area contributed by atoms with Gasteiger partial charge < -0.3 is 10.5 Å². The molecule has 2 N–H and O–H groups in total. The van der Waals surface area contributed by atoms with Crippen LogP contribution in [0, 0.1) is 5.82 Å². The summed E-state index contributed by atoms with van der Waals surface area (Å²) < 4.78 is 58.0. The molecule has 4 aromatic rings. The van der Waals surface area contributed by atoms with Crippen LogP contribution in [-0.4, -0.2) is 19.9 Å². The van der Waals surface area contributed by atoms with E-state index in [1.807, 2.05) is 0 Å². The van der Waals surface area contributed by atoms with Gasteiger partial charge in [0.25, 0.3) is 0 Å². The van der Waals surface area contributed by atoms with Crippen LogP contribution in [0.4, 0.5) is 22.7 Å². The van der Waals surface area contributed by atoms with E-state index in [0.717, 1.165) is 24.4 Å². The predicted molar refractivity (Wildman–Crippen MR) is 103 cm³/mol. The molecule has 0 amide bonds. The van der Waals surface area contributed by atoms with E-state index in [1.54, 1.807) is 6.20 Å². The van der Waals surface area contributed by atoms with E-state index < -0.39 is 17.6 Å². The Labute approximate surface area is 171 Å². The van der Waals surface area contributed by atoms with E-state index in [-0.39, 0.29) is 11.6 Å². The number of nitrogen functional groups attached to an aromatic ring is 1. The number of fused-ring (bicyclic) bond motifs is 1. The molecule has 11 heteroatoms. The van der Waals surface area contributed by atoms with Gasteiger partial charge in [-0.05, 0) is 24.1 Å². The number of alkyl halides is 3. The highest BCUT2D eigenvalue weighted by Gasteiger charge is 2.31. The smallest absolute Gasteiger partial charge is 0.416 e. The Morgan fingerprint density at radius 1 is 1.03 bits per heavy atom. The fraction of sp³-hybridized carbons (Fsp3) is 0.158. The number of benzene rings is 1. The predicted octanol–water partition coefficient (Wildman–Crippen LogP) is 4.80. The van der Waals surface area contributed by atoms with Crippen molar-refractivity contribution in [2.45, 2.75) is 19.0 Å². The van der Waals surface area contributed by atoms with Gasteiger partial charge in [-0.15, -0.1) is 0 Å². The average molecular weight is 435 g/mol. The Hall–Kier alpha value is -3.34. The van der Waals surface area contributed by atoms with E-state index in [9.17, 15) is 17.6 Å². The maximum absolute atomic E-state index is 14.4. The molecule has 6 nitrogen and oxygen atoms in total. The molecule has 0 bridgehead atoms. The lowest BCUT2D eigenvalue weighted by Crippen LogP contribution is -2.05. The van der Waals surface area contributed by atoms with Crippen LogP contribution in [0.5, 0.6) is 11.6 Å². The minimum absolute atomic E-state index is 0.0425. The Kier molecular flexibility index (Phi) is 5.20. The van der Waals surface area contributed by atoms with Crippen LogP contribution >= 0.6 is 11.3 Å². The second-order valence-electron chi connectivity index (χ2n) is 6.26. The molecule has 30 heavy (non-hydrogen) atoms. The van der Waals surface area contributed by atoms with Gasteiger partial charge in [0, 0.05) is 24.8 Å². The highest BCUT2D eigenvalue weighted by atomic mass is 32.1. The van der Waals surface area contributed by atoms with Crippen molar-refractivity contribution < 1.29 is 22.3 Å². The molecule has 4 rings (SSSR count). The first kappa shape index (κ1) is 20.0. The van der Waals surface area contributed by atoms with Gasteiger partial charge in [-0.2, -0.15) is 13.2 Å². The van der Waals surface area contributed by atoms with Gasteiger partial charge in [0.1, 0.15) is 27.7 Å². The number of rotatable bonds is 5. The van der Waals surface area contributed by atoms with Crippen LogP contribution in [0.15, 0.2) is 42.7 Å². The molecule has 0 aliphatic heterocycles. The number of anilines is 1. The normalized spacial score (nSPS) is 11.7. The summed E-state index contributed by atoms with van der Waals surface area (Å²) in [6.07, 6.45) is -1.25. The number of pyridine rings is 1. The number of aryl methyl sites for hydroxylation is 2. The van der Waals surface area contributed by atoms with Gasteiger partial charge >= 0.3 is 6.18 Å². The standard InChI is InChI=1S/C19H13F4N5OS/c20-13-8-12(29-16-7-11(5-6-25-16)19(21,22)23)3-1-10(13)2-4-15-26-9-14-17(28-15)30-18(24)27-14/h1,3,5-9H,2,4H2,(H2,24,27). The van der Waals surface area contributed by atoms with E-state index in [1.165, 1.54) is 23.5 Å². The highest BCUT2D eigenvalue weighted by molar-refractivity contribution is 7.21. The highest BCUT2D eigenvalue weighted by Crippen LogP contribution is 2.32. The average Bonchev–Trinajstić information content (AvgIpc) is 3.06. The third kappa shape index (κ3) is 4.46. The van der Waals surface area contributed by atoms with Gasteiger partial charge in [0.05, 0.1) is 11.8 Å². The first-order valence-corrected chi connectivity index (χ1v) is 9.47. The van der Waals surface area contributed by atoms with Crippen molar-refractivity contribution in [3.8, 4) is 11.6 Å². The summed E-state index contributed by atoms with van der Waals surface area (Å²) in [5.41, 5.74) is 5.75. The molecular formula is C19H13F4N5OS. The summed E-state index contributed by atoms with van der Waals surface area (Å²) >= 11 is 1.25. The van der Waals surface area contributed by atoms with Crippen LogP contribution in [0.3, 0.4) is 0 Å². The van der Waals surface area contributed by atoms with Crippen molar-refractivity contribution in [2.75, 3.05) is 5.73 Å². The lowest BCUT2D eigenvalue weighted by atomic mass is 10.1. The van der Waals surface area contributed by atoms with Crippen LogP contribution in [-0.2, 0) is 19.0 Å². The number of thiazole rings is 1. The quantitative estimate of drug-likeness (QED) is 0.453. The number of aromatic nitrogens is 4. The zero-order chi connectivity index (χ0) is 21.3. The summed E-state index contributed by atoms with van der Waals surface area (Å²) in [6, 6.07) is 5.66. The summed E-state index contributed by atoms with van der Waals surface area (Å²) in [6.45, 7) is 0. The van der Waals surface area contributed by atoms with Crippen molar-refractivity contribution in [1.82, 2.24) is 19.9 Å². The van der Waals surface area contributed by atoms with Crippen LogP contribution in [0.2, 0.25) is 0 Å². The molecule has 0 saturated carbocycles. The van der Waals surface area contributed by atoms with Crippen molar-refractivity contribution in [3.05, 3.63) is 65.5 Å². The Bertz CT molecular complexity index is 1210. The molecule has 0 aliphatic rings. The van der Waals surface area contributed by atoms with Gasteiger partial charge in [0.2, 0.25) is 5.88 Å². The molecule has 0 radical (unpaired) electrons. The lowest BCUT2D eigenvalue weighted by molar-refractivity contribution is -0.137. The molecule has 3 aromatic heterocycles. The third-order valence-corrected chi connectivity index (χ3v) is 4.94. The van der Waals surface area contributed by atoms with Gasteiger partial charge in [-0.25, -0.2) is 24.3 Å². The maximum atomic E-state index is 14.4. The molecule has 0 fully saturated rings. The number of halogens is 4. The molecule has 3 heterocycles. The summed E-state index contributed by atoms with van der Waals surface area (Å²) in [7, 11) is 0. The fourth-order valence-corrected chi connectivity index (χ4v) is 3.41. The molecule has 154 valence electrons. The van der Waals surface area contributed by atoms with E-state index in [0.29, 0.717) is 39.7 Å². The van der Waals surface area contributed by atoms with Crippen molar-refractivity contribution >= 4 is 26.8 Å². The van der Waals surface area contributed by atoms with Crippen molar-refractivity contribution in [2.24, 2.45) is 0 Å². The van der Waals surface area contributed by atoms with Crippen molar-refractivity contribution in [3.63, 3.8) is 0 Å². The second kappa shape index (κ2) is 7.82. The zero-order valence-corrected chi connectivity index (χ0v) is 16.0. The molecule has 0 unspecified atom stereocenters. The first-order chi connectivity index (χ1) is 14.3. The number of hydrogen-bond acceptors (Lipinski definition) is 7. The van der Waals surface area contributed by atoms with Crippen LogP contribution in [0.1, 0.15) is 17.0 Å². The van der Waals surface area contributed by atoms with Crippen molar-refractivity contribution in [1.29, 1.82) is 0 Å². The van der Waals surface area contributed by atoms with E-state index in [2.05, 4.69) is 19.9 Å². The molecule has 0 spiro atoms. The van der Waals surface area contributed by atoms with Gasteiger partial charge in [0.15, 0.2) is 5.13 Å². The Morgan fingerprint density at radius 2 is 1.87 bits per heavy atom. The summed E-state index contributed by atoms with van der Waals surface area (Å²) in [4.78, 5) is 17.0. The SMILES string of the molecule is Nc1nc2cnc(CCc3ccc(Oc4cc(C(F)(F)F)ccn4)cc3F)nc2s1. The topological polar surface area (TPSA) is 86.8 Å². The number of nitrogens with zero attached hydrogens (tertiary/aromatic N) is 4. The molecule has 0 atom stereocenters. The molecule has 1 aromatic carbocycles. The van der Waals surface area contributed by atoms with E-state index in [4.69, 9.17) is 10.5 Å². The van der Waals surface area contributed by atoms with Gasteiger partial charge in [-0.3, -0.25) is 0 Å². The first-order valence-electron chi connectivity index (χ1n) is 8.65. The molecule has 0 aliphatic carbocycles. The van der Waals surface area contributed by atoms with Gasteiger partial charge in [-0.1, -0.05) is 17.4 Å². The number of nitrogens with two attached hydrogens (primary N) is 1. The number of ether oxygens (including phenoxy) is 1. The minimum atomic E-state index is -4.52. The number of hydrogen-bond donors (Lipinski definition) is 1. The molecular weight excluding hydrogens is 422 g/mol. The summed E-state index contributed by atoms with van der Waals surface area (Å²) in [5, 5.41) is 0.397. The Morgan fingerprint density at radius 3 is 2.63 bits per heavy atom. The lowest BCUT2D eigenvalue weighted by Gasteiger charge is -2.10. The van der Waals surface area contributed by atoms with Crippen LogP contribution < -0.4 is 10.5 Å². The minimum Gasteiger partial charge on any atom is -0.439 e. The van der Waals surface area contributed by atoms with Crippen LogP contribution in [0.25, 0.3) is 10.3 Å². The largest absolute Gasteiger partial charge is 0.439 e.